The van der Waals surface area contributed by atoms with Gasteiger partial charge in [0, 0.05) is 28.9 Å². The van der Waals surface area contributed by atoms with Crippen molar-refractivity contribution in [3.8, 4) is 0 Å². The third kappa shape index (κ3) is 4.42. The van der Waals surface area contributed by atoms with Crippen LogP contribution in [0.3, 0.4) is 0 Å². The van der Waals surface area contributed by atoms with Crippen molar-refractivity contribution in [3.63, 3.8) is 0 Å². The summed E-state index contributed by atoms with van der Waals surface area (Å²) in [5.41, 5.74) is -3.49. The zero-order valence-electron chi connectivity index (χ0n) is 20.5. The maximum absolute atomic E-state index is 13.5. The van der Waals surface area contributed by atoms with E-state index in [1.165, 1.54) is 6.92 Å². The second-order valence-corrected chi connectivity index (χ2v) is 10.1. The van der Waals surface area contributed by atoms with Gasteiger partial charge in [0.1, 0.15) is 11.7 Å². The molecule has 0 amide bonds. The van der Waals surface area contributed by atoms with Crippen LogP contribution in [0.25, 0.3) is 0 Å². The number of esters is 2. The highest BCUT2D eigenvalue weighted by molar-refractivity contribution is 5.96. The molecule has 2 fully saturated rings. The minimum absolute atomic E-state index is 0.194. The van der Waals surface area contributed by atoms with Crippen LogP contribution in [0.2, 0.25) is 0 Å². The van der Waals surface area contributed by atoms with Gasteiger partial charge in [-0.1, -0.05) is 32.9 Å². The lowest BCUT2D eigenvalue weighted by molar-refractivity contribution is -0.176. The molecule has 2 saturated carbocycles. The molecule has 2 aliphatic rings. The maximum atomic E-state index is 13.5. The van der Waals surface area contributed by atoms with Crippen LogP contribution >= 0.6 is 0 Å². The van der Waals surface area contributed by atoms with Crippen LogP contribution in [0, 0.1) is 17.3 Å². The Bertz CT molecular complexity index is 837. The highest BCUT2D eigenvalue weighted by Gasteiger charge is 2.68. The third-order valence-electron chi connectivity index (χ3n) is 7.64. The van der Waals surface area contributed by atoms with Crippen LogP contribution in [-0.4, -0.2) is 51.3 Å². The quantitative estimate of drug-likeness (QED) is 0.488. The molecule has 0 unspecified atom stereocenters. The van der Waals surface area contributed by atoms with Gasteiger partial charge in [-0.15, -0.1) is 0 Å². The molecular weight excluding hydrogens is 412 g/mol. The van der Waals surface area contributed by atoms with E-state index in [1.54, 1.807) is 46.8 Å². The molecule has 0 aromatic heterocycles. The molecule has 0 radical (unpaired) electrons. The number of fused-ring (bicyclic) bond motifs is 1. The molecule has 2 rings (SSSR count). The number of allylic oxidation sites excluding steroid dienone is 2. The van der Waals surface area contributed by atoms with Crippen LogP contribution in [-0.2, 0) is 23.9 Å². The molecule has 32 heavy (non-hydrogen) atoms. The lowest BCUT2D eigenvalue weighted by atomic mass is 9.66. The second kappa shape index (κ2) is 9.10. The molecule has 0 saturated heterocycles. The van der Waals surface area contributed by atoms with Crippen LogP contribution in [0.15, 0.2) is 23.3 Å². The molecule has 7 nitrogen and oxygen atoms in total. The van der Waals surface area contributed by atoms with Crippen molar-refractivity contribution >= 4 is 17.7 Å². The van der Waals surface area contributed by atoms with E-state index in [9.17, 15) is 24.6 Å². The number of aliphatic hydroxyl groups is 2. The van der Waals surface area contributed by atoms with Gasteiger partial charge in [0.15, 0.2) is 6.10 Å². The average molecular weight is 451 g/mol. The highest BCUT2D eigenvalue weighted by Crippen LogP contribution is 2.59. The first-order valence-electron chi connectivity index (χ1n) is 11.3. The lowest BCUT2D eigenvalue weighted by Crippen LogP contribution is -2.54. The van der Waals surface area contributed by atoms with Crippen LogP contribution in [0.1, 0.15) is 74.7 Å². The fraction of sp³-hybridized carbons (Fsp3) is 0.720. The Morgan fingerprint density at radius 3 is 1.97 bits per heavy atom. The monoisotopic (exact) mass is 450 g/mol. The normalized spacial score (nSPS) is 38.3. The predicted octanol–water partition coefficient (Wildman–Crippen LogP) is 3.27. The first-order valence-corrected chi connectivity index (χ1v) is 11.3. The summed E-state index contributed by atoms with van der Waals surface area (Å²) in [5, 5.41) is 22.9. The molecule has 0 heterocycles. The van der Waals surface area contributed by atoms with Gasteiger partial charge < -0.3 is 19.7 Å². The van der Waals surface area contributed by atoms with Gasteiger partial charge in [0.05, 0.1) is 5.60 Å². The molecule has 7 heteroatoms. The van der Waals surface area contributed by atoms with E-state index in [-0.39, 0.29) is 12.3 Å². The molecular formula is C25H38O7. The zero-order valence-corrected chi connectivity index (χ0v) is 20.5. The molecule has 0 spiro atoms. The van der Waals surface area contributed by atoms with Gasteiger partial charge in [0.25, 0.3) is 0 Å². The van der Waals surface area contributed by atoms with Gasteiger partial charge in [-0.05, 0) is 53.4 Å². The summed E-state index contributed by atoms with van der Waals surface area (Å²) in [7, 11) is 0. The van der Waals surface area contributed by atoms with E-state index in [0.717, 1.165) is 0 Å². The van der Waals surface area contributed by atoms with E-state index in [4.69, 9.17) is 9.47 Å². The van der Waals surface area contributed by atoms with Crippen molar-refractivity contribution in [1.29, 1.82) is 0 Å². The SMILES string of the molecule is C/C=C(\C)C(=O)O[C@@H]1C[C@@](C)(O)C(=O)[C@H](OC(=O)/C(C)=C/C)[C@@]2(C)CC[C@@](O)(C(C)C)[C@H]12. The zero-order chi connectivity index (χ0) is 24.6. The molecule has 2 aliphatic carbocycles. The fourth-order valence-corrected chi connectivity index (χ4v) is 5.20. The smallest absolute Gasteiger partial charge is 0.334 e. The molecule has 2 N–H and O–H groups in total. The van der Waals surface area contributed by atoms with Crippen LogP contribution < -0.4 is 0 Å². The van der Waals surface area contributed by atoms with Gasteiger partial charge in [-0.2, -0.15) is 0 Å². The topological polar surface area (TPSA) is 110 Å². The third-order valence-corrected chi connectivity index (χ3v) is 7.64. The van der Waals surface area contributed by atoms with Gasteiger partial charge >= 0.3 is 11.9 Å². The summed E-state index contributed by atoms with van der Waals surface area (Å²) in [5.74, 6) is -2.80. The Morgan fingerprint density at radius 1 is 1.00 bits per heavy atom. The number of hydrogen-bond donors (Lipinski definition) is 2. The molecule has 0 aliphatic heterocycles. The van der Waals surface area contributed by atoms with Crippen molar-refractivity contribution in [3.05, 3.63) is 23.3 Å². The van der Waals surface area contributed by atoms with Crippen molar-refractivity contribution in [2.75, 3.05) is 0 Å². The van der Waals surface area contributed by atoms with Gasteiger partial charge in [-0.3, -0.25) is 4.79 Å². The first-order chi connectivity index (χ1) is 14.7. The summed E-state index contributed by atoms with van der Waals surface area (Å²) in [6, 6.07) is 0. The number of carbonyl (C=O) groups is 3. The van der Waals surface area contributed by atoms with Crippen LogP contribution in [0.4, 0.5) is 0 Å². The standard InChI is InChI=1S/C25H38O7/c1-9-15(5)21(27)31-17-13-24(8,29)19(26)20(32-22(28)16(6)10-2)23(7)11-12-25(30,14(3)4)18(17)23/h9-10,14,17-18,20,29-30H,11-13H2,1-8H3/b15-9+,16-10+/t17-,18-,20+,23+,24-,25-/m1/s1. The fourth-order valence-electron chi connectivity index (χ4n) is 5.20. The number of ketones is 1. The average Bonchev–Trinajstić information content (AvgIpc) is 2.98. The second-order valence-electron chi connectivity index (χ2n) is 10.1. The van der Waals surface area contributed by atoms with E-state index < -0.39 is 52.5 Å². The minimum atomic E-state index is -1.91. The van der Waals surface area contributed by atoms with Crippen molar-refractivity contribution in [1.82, 2.24) is 0 Å². The molecule has 6 atom stereocenters. The number of Topliss-reactive ketones (excluding diaryl/α,β-unsaturated/α-hetero) is 1. The Morgan fingerprint density at radius 2 is 1.50 bits per heavy atom. The predicted molar refractivity (Wildman–Crippen MR) is 119 cm³/mol. The summed E-state index contributed by atoms with van der Waals surface area (Å²) >= 11 is 0. The number of ether oxygens (including phenoxy) is 2. The Hall–Kier alpha value is -1.99. The van der Waals surface area contributed by atoms with E-state index in [1.807, 2.05) is 13.8 Å². The minimum Gasteiger partial charge on any atom is -0.458 e. The molecule has 0 aromatic carbocycles. The largest absolute Gasteiger partial charge is 0.458 e. The van der Waals surface area contributed by atoms with Crippen molar-refractivity contribution < 1.29 is 34.1 Å². The van der Waals surface area contributed by atoms with E-state index in [0.29, 0.717) is 24.0 Å². The summed E-state index contributed by atoms with van der Waals surface area (Å²) in [4.78, 5) is 38.8. The first kappa shape index (κ1) is 26.3. The number of hydrogen-bond acceptors (Lipinski definition) is 7. The van der Waals surface area contributed by atoms with Crippen LogP contribution in [0.5, 0.6) is 0 Å². The summed E-state index contributed by atoms with van der Waals surface area (Å²) < 4.78 is 11.5. The van der Waals surface area contributed by atoms with Crippen molar-refractivity contribution in [2.24, 2.45) is 17.3 Å². The molecule has 0 aromatic rings. The van der Waals surface area contributed by atoms with Crippen molar-refractivity contribution in [2.45, 2.75) is 98.1 Å². The van der Waals surface area contributed by atoms with E-state index in [2.05, 4.69) is 0 Å². The number of rotatable bonds is 5. The van der Waals surface area contributed by atoms with Gasteiger partial charge in [0.2, 0.25) is 5.78 Å². The van der Waals surface area contributed by atoms with Gasteiger partial charge in [-0.25, -0.2) is 9.59 Å². The number of carbonyl (C=O) groups excluding carboxylic acids is 3. The Labute approximate surface area is 190 Å². The summed E-state index contributed by atoms with van der Waals surface area (Å²) in [6.45, 7) is 13.5. The highest BCUT2D eigenvalue weighted by atomic mass is 16.6. The Kier molecular flexibility index (Phi) is 7.47. The lowest BCUT2D eigenvalue weighted by Gasteiger charge is -2.44. The molecule has 0 bridgehead atoms. The molecule has 180 valence electrons. The van der Waals surface area contributed by atoms with E-state index >= 15 is 0 Å². The summed E-state index contributed by atoms with van der Waals surface area (Å²) in [6.07, 6.45) is 1.51. The maximum Gasteiger partial charge on any atom is 0.334 e. The Balaban J connectivity index is 2.67.